The zero-order chi connectivity index (χ0) is 10.8. The molecule has 76 valence electrons. The molecule has 1 aromatic heterocycles. The summed E-state index contributed by atoms with van der Waals surface area (Å²) in [6.07, 6.45) is 1.79. The maximum absolute atomic E-state index is 11.2. The number of primary amides is 1. The third kappa shape index (κ3) is 1.89. The minimum Gasteiger partial charge on any atom is -0.366 e. The summed E-state index contributed by atoms with van der Waals surface area (Å²) in [6.45, 7) is 1.98. The standard InChI is InChI=1S/C11H10N2OS/c1-7-6-13-11(15-7)9-5-3-2-4-8(9)10(12)14/h2-6H,1H3,(H2,12,14). The molecule has 1 amide bonds. The summed E-state index contributed by atoms with van der Waals surface area (Å²) in [7, 11) is 0. The van der Waals surface area contributed by atoms with E-state index in [-0.39, 0.29) is 0 Å². The lowest BCUT2D eigenvalue weighted by Gasteiger charge is -2.01. The molecule has 1 aromatic carbocycles. The third-order valence-electron chi connectivity index (χ3n) is 2.04. The monoisotopic (exact) mass is 218 g/mol. The molecule has 0 spiro atoms. The highest BCUT2D eigenvalue weighted by molar-refractivity contribution is 7.15. The summed E-state index contributed by atoms with van der Waals surface area (Å²) >= 11 is 1.55. The first-order valence-corrected chi connectivity index (χ1v) is 5.32. The van der Waals surface area contributed by atoms with Gasteiger partial charge in [0.1, 0.15) is 5.01 Å². The minimum absolute atomic E-state index is 0.418. The molecule has 3 nitrogen and oxygen atoms in total. The average molecular weight is 218 g/mol. The molecule has 0 saturated carbocycles. The van der Waals surface area contributed by atoms with Crippen LogP contribution in [0.1, 0.15) is 15.2 Å². The normalized spacial score (nSPS) is 10.2. The van der Waals surface area contributed by atoms with E-state index in [2.05, 4.69) is 4.98 Å². The first-order chi connectivity index (χ1) is 7.18. The van der Waals surface area contributed by atoms with E-state index in [1.165, 1.54) is 0 Å². The molecule has 0 fully saturated rings. The second-order valence-corrected chi connectivity index (χ2v) is 4.42. The molecule has 0 saturated heterocycles. The summed E-state index contributed by atoms with van der Waals surface area (Å²) in [6, 6.07) is 7.25. The number of nitrogens with zero attached hydrogens (tertiary/aromatic N) is 1. The number of thiazole rings is 1. The first kappa shape index (κ1) is 9.86. The van der Waals surface area contributed by atoms with Gasteiger partial charge in [0.2, 0.25) is 5.91 Å². The van der Waals surface area contributed by atoms with Crippen LogP contribution < -0.4 is 5.73 Å². The van der Waals surface area contributed by atoms with Gasteiger partial charge < -0.3 is 5.73 Å². The molecular formula is C11H10N2OS. The maximum atomic E-state index is 11.2. The topological polar surface area (TPSA) is 56.0 Å². The molecule has 0 atom stereocenters. The molecule has 0 aliphatic heterocycles. The van der Waals surface area contributed by atoms with Crippen molar-refractivity contribution in [1.82, 2.24) is 4.98 Å². The zero-order valence-electron chi connectivity index (χ0n) is 8.23. The van der Waals surface area contributed by atoms with Crippen LogP contribution in [0.4, 0.5) is 0 Å². The van der Waals surface area contributed by atoms with Gasteiger partial charge in [0, 0.05) is 22.2 Å². The van der Waals surface area contributed by atoms with E-state index in [1.54, 1.807) is 29.7 Å². The van der Waals surface area contributed by atoms with Crippen LogP contribution >= 0.6 is 11.3 Å². The fourth-order valence-electron chi connectivity index (χ4n) is 1.36. The number of carbonyl (C=O) groups excluding carboxylic acids is 1. The number of carbonyl (C=O) groups is 1. The second kappa shape index (κ2) is 3.82. The van der Waals surface area contributed by atoms with Gasteiger partial charge in [-0.15, -0.1) is 11.3 Å². The van der Waals surface area contributed by atoms with Gasteiger partial charge in [0.05, 0.1) is 0 Å². The zero-order valence-corrected chi connectivity index (χ0v) is 9.04. The van der Waals surface area contributed by atoms with Crippen molar-refractivity contribution in [2.75, 3.05) is 0 Å². The Morgan fingerprint density at radius 3 is 2.73 bits per heavy atom. The Bertz CT molecular complexity index is 505. The van der Waals surface area contributed by atoms with Crippen LogP contribution in [0.5, 0.6) is 0 Å². The van der Waals surface area contributed by atoms with E-state index in [0.717, 1.165) is 15.4 Å². The molecule has 0 radical (unpaired) electrons. The van der Waals surface area contributed by atoms with Gasteiger partial charge in [0.15, 0.2) is 0 Å². The minimum atomic E-state index is -0.418. The Hall–Kier alpha value is -1.68. The van der Waals surface area contributed by atoms with Gasteiger partial charge in [-0.25, -0.2) is 4.98 Å². The lowest BCUT2D eigenvalue weighted by molar-refractivity contribution is 0.100. The van der Waals surface area contributed by atoms with Gasteiger partial charge in [-0.2, -0.15) is 0 Å². The molecule has 2 rings (SSSR count). The number of hydrogen-bond donors (Lipinski definition) is 1. The van der Waals surface area contributed by atoms with Gasteiger partial charge in [-0.3, -0.25) is 4.79 Å². The largest absolute Gasteiger partial charge is 0.366 e. The van der Waals surface area contributed by atoms with Crippen molar-refractivity contribution in [3.8, 4) is 10.6 Å². The first-order valence-electron chi connectivity index (χ1n) is 4.50. The highest BCUT2D eigenvalue weighted by atomic mass is 32.1. The summed E-state index contributed by atoms with van der Waals surface area (Å²) in [5, 5.41) is 0.835. The smallest absolute Gasteiger partial charge is 0.249 e. The van der Waals surface area contributed by atoms with Crippen molar-refractivity contribution in [2.45, 2.75) is 6.92 Å². The number of aromatic nitrogens is 1. The van der Waals surface area contributed by atoms with Gasteiger partial charge in [-0.1, -0.05) is 18.2 Å². The van der Waals surface area contributed by atoms with E-state index >= 15 is 0 Å². The molecule has 0 aliphatic carbocycles. The SMILES string of the molecule is Cc1cnc(-c2ccccc2C(N)=O)s1. The van der Waals surface area contributed by atoms with Crippen molar-refractivity contribution in [2.24, 2.45) is 5.73 Å². The van der Waals surface area contributed by atoms with E-state index in [1.807, 2.05) is 19.1 Å². The molecule has 1 heterocycles. The lowest BCUT2D eigenvalue weighted by atomic mass is 10.1. The van der Waals surface area contributed by atoms with Crippen LogP contribution in [0.2, 0.25) is 0 Å². The molecule has 2 N–H and O–H groups in total. The summed E-state index contributed by atoms with van der Waals surface area (Å²) in [4.78, 5) is 16.6. The predicted octanol–water partition coefficient (Wildman–Crippen LogP) is 2.22. The number of benzene rings is 1. The molecule has 0 unspecified atom stereocenters. The molecule has 0 aliphatic rings. The summed E-state index contributed by atoms with van der Waals surface area (Å²) in [5.74, 6) is -0.418. The fraction of sp³-hybridized carbons (Fsp3) is 0.0909. The molecule has 4 heteroatoms. The lowest BCUT2D eigenvalue weighted by Crippen LogP contribution is -2.12. The number of hydrogen-bond acceptors (Lipinski definition) is 3. The van der Waals surface area contributed by atoms with Crippen molar-refractivity contribution >= 4 is 17.2 Å². The average Bonchev–Trinajstić information content (AvgIpc) is 2.65. The quantitative estimate of drug-likeness (QED) is 0.840. The van der Waals surface area contributed by atoms with Crippen LogP contribution in [-0.2, 0) is 0 Å². The molecule has 2 aromatic rings. The Morgan fingerprint density at radius 1 is 1.40 bits per heavy atom. The highest BCUT2D eigenvalue weighted by Gasteiger charge is 2.11. The second-order valence-electron chi connectivity index (χ2n) is 3.19. The number of nitrogens with two attached hydrogens (primary N) is 1. The highest BCUT2D eigenvalue weighted by Crippen LogP contribution is 2.27. The Labute approximate surface area is 91.6 Å². The Morgan fingerprint density at radius 2 is 2.13 bits per heavy atom. The van der Waals surface area contributed by atoms with Crippen LogP contribution in [0.15, 0.2) is 30.5 Å². The Balaban J connectivity index is 2.57. The number of aryl methyl sites for hydroxylation is 1. The van der Waals surface area contributed by atoms with Crippen LogP contribution in [0.3, 0.4) is 0 Å². The van der Waals surface area contributed by atoms with Crippen molar-refractivity contribution in [3.63, 3.8) is 0 Å². The molecule has 0 bridgehead atoms. The summed E-state index contributed by atoms with van der Waals surface area (Å²) < 4.78 is 0. The van der Waals surface area contributed by atoms with Crippen LogP contribution in [0.25, 0.3) is 10.6 Å². The summed E-state index contributed by atoms with van der Waals surface area (Å²) in [5.41, 5.74) is 6.63. The van der Waals surface area contributed by atoms with Gasteiger partial charge in [0.25, 0.3) is 0 Å². The predicted molar refractivity (Wildman–Crippen MR) is 60.8 cm³/mol. The Kier molecular flexibility index (Phi) is 2.51. The molecule has 15 heavy (non-hydrogen) atoms. The van der Waals surface area contributed by atoms with E-state index in [4.69, 9.17) is 5.73 Å². The van der Waals surface area contributed by atoms with Crippen LogP contribution in [0, 0.1) is 6.92 Å². The fourth-order valence-corrected chi connectivity index (χ4v) is 2.17. The number of amides is 1. The third-order valence-corrected chi connectivity index (χ3v) is 2.99. The van der Waals surface area contributed by atoms with E-state index in [0.29, 0.717) is 5.56 Å². The number of rotatable bonds is 2. The van der Waals surface area contributed by atoms with Crippen LogP contribution in [-0.4, -0.2) is 10.9 Å². The van der Waals surface area contributed by atoms with Gasteiger partial charge in [-0.05, 0) is 13.0 Å². The molecular weight excluding hydrogens is 208 g/mol. The van der Waals surface area contributed by atoms with E-state index < -0.39 is 5.91 Å². The van der Waals surface area contributed by atoms with Crippen molar-refractivity contribution in [3.05, 3.63) is 40.9 Å². The maximum Gasteiger partial charge on any atom is 0.249 e. The van der Waals surface area contributed by atoms with Gasteiger partial charge >= 0.3 is 0 Å². The van der Waals surface area contributed by atoms with E-state index in [9.17, 15) is 4.79 Å². The van der Waals surface area contributed by atoms with Crippen molar-refractivity contribution in [1.29, 1.82) is 0 Å². The van der Waals surface area contributed by atoms with Crippen molar-refractivity contribution < 1.29 is 4.79 Å².